The molecule has 0 unspecified atom stereocenters. The molecule has 0 amide bonds. The fourth-order valence-corrected chi connectivity index (χ4v) is 2.31. The summed E-state index contributed by atoms with van der Waals surface area (Å²) in [6.45, 7) is 0. The number of aromatic hydroxyl groups is 2. The average Bonchev–Trinajstić information content (AvgIpc) is 2.30. The second-order valence-electron chi connectivity index (χ2n) is 3.26. The van der Waals surface area contributed by atoms with Crippen LogP contribution in [0.15, 0.2) is 58.3 Å². The molecule has 2 aromatic rings. The summed E-state index contributed by atoms with van der Waals surface area (Å²) in [7, 11) is 0. The van der Waals surface area contributed by atoms with Crippen LogP contribution in [-0.4, -0.2) is 44.3 Å². The van der Waals surface area contributed by atoms with Crippen LogP contribution < -0.4 is 0 Å². The Morgan fingerprint density at radius 2 is 1.00 bits per heavy atom. The summed E-state index contributed by atoms with van der Waals surface area (Å²) >= 11 is -1.29. The van der Waals surface area contributed by atoms with Gasteiger partial charge in [-0.3, -0.25) is 0 Å². The molecule has 17 heavy (non-hydrogen) atoms. The van der Waals surface area contributed by atoms with Gasteiger partial charge in [-0.25, -0.2) is 0 Å². The quantitative estimate of drug-likeness (QED) is 0.635. The Kier molecular flexibility index (Phi) is 5.36. The summed E-state index contributed by atoms with van der Waals surface area (Å²) in [4.78, 5) is 1.23. The minimum Gasteiger partial charge on any atom is -0.606 e. The zero-order valence-corrected chi connectivity index (χ0v) is 9.15. The SMILES string of the molecule is [NaH].[O-][S+](c1ccc(O)cc1)c1ccc(O)cc1. The predicted octanol–water partition coefficient (Wildman–Crippen LogP) is 1.62. The maximum absolute atomic E-state index is 12.0. The second kappa shape index (κ2) is 6.33. The molecule has 0 saturated heterocycles. The molecule has 5 heteroatoms. The molecule has 0 aromatic heterocycles. The van der Waals surface area contributed by atoms with Crippen LogP contribution in [0.2, 0.25) is 0 Å². The summed E-state index contributed by atoms with van der Waals surface area (Å²) in [6.07, 6.45) is 0. The van der Waals surface area contributed by atoms with E-state index in [1.54, 1.807) is 24.3 Å². The standard InChI is InChI=1S/C12H10O3S.Na.H/c13-9-1-5-11(6-2-9)16(15)12-7-3-10(14)4-8-12;;/h1-8,13-14H;;. The third-order valence-corrected chi connectivity index (χ3v) is 3.50. The van der Waals surface area contributed by atoms with Crippen molar-refractivity contribution in [2.24, 2.45) is 0 Å². The second-order valence-corrected chi connectivity index (χ2v) is 4.74. The zero-order chi connectivity index (χ0) is 11.5. The van der Waals surface area contributed by atoms with E-state index in [9.17, 15) is 4.55 Å². The van der Waals surface area contributed by atoms with Crippen LogP contribution in [0.25, 0.3) is 0 Å². The summed E-state index contributed by atoms with van der Waals surface area (Å²) in [5.41, 5.74) is 0. The van der Waals surface area contributed by atoms with Gasteiger partial charge in [0.1, 0.15) is 11.5 Å². The molecule has 3 nitrogen and oxygen atoms in total. The van der Waals surface area contributed by atoms with Gasteiger partial charge in [0, 0.05) is 11.2 Å². The van der Waals surface area contributed by atoms with Crippen LogP contribution in [0.1, 0.15) is 0 Å². The van der Waals surface area contributed by atoms with Crippen LogP contribution >= 0.6 is 0 Å². The van der Waals surface area contributed by atoms with Crippen molar-refractivity contribution in [1.29, 1.82) is 0 Å². The normalized spacial score (nSPS) is 10.0. The molecular weight excluding hydrogens is 247 g/mol. The number of phenols is 2. The molecule has 0 aliphatic carbocycles. The molecule has 2 aromatic carbocycles. The van der Waals surface area contributed by atoms with E-state index in [0.717, 1.165) is 0 Å². The van der Waals surface area contributed by atoms with Gasteiger partial charge in [-0.15, -0.1) is 0 Å². The molecule has 0 atom stereocenters. The topological polar surface area (TPSA) is 63.5 Å². The Bertz CT molecular complexity index is 425. The largest absolute Gasteiger partial charge is 0.606 e. The first-order chi connectivity index (χ1) is 7.66. The molecule has 2 N–H and O–H groups in total. The summed E-state index contributed by atoms with van der Waals surface area (Å²) in [5.74, 6) is 0.290. The molecule has 0 bridgehead atoms. The zero-order valence-electron chi connectivity index (χ0n) is 8.33. The van der Waals surface area contributed by atoms with Crippen LogP contribution in [0.3, 0.4) is 0 Å². The van der Waals surface area contributed by atoms with E-state index in [0.29, 0.717) is 9.79 Å². The number of hydrogen-bond acceptors (Lipinski definition) is 3. The average molecular weight is 258 g/mol. The third-order valence-electron chi connectivity index (χ3n) is 2.10. The van der Waals surface area contributed by atoms with E-state index in [4.69, 9.17) is 10.2 Å². The van der Waals surface area contributed by atoms with Gasteiger partial charge in [0.15, 0.2) is 9.79 Å². The molecule has 0 fully saturated rings. The van der Waals surface area contributed by atoms with Crippen LogP contribution in [0, 0.1) is 0 Å². The van der Waals surface area contributed by atoms with Gasteiger partial charge in [-0.05, 0) is 48.5 Å². The van der Waals surface area contributed by atoms with Crippen molar-refractivity contribution in [1.82, 2.24) is 0 Å². The molecule has 0 saturated carbocycles. The monoisotopic (exact) mass is 258 g/mol. The van der Waals surface area contributed by atoms with E-state index in [-0.39, 0.29) is 41.1 Å². The molecule has 0 aliphatic rings. The van der Waals surface area contributed by atoms with Crippen molar-refractivity contribution in [3.8, 4) is 11.5 Å². The Balaban J connectivity index is 0.00000144. The summed E-state index contributed by atoms with van der Waals surface area (Å²) in [5, 5.41) is 18.2. The minimum atomic E-state index is -1.29. The molecule has 0 heterocycles. The van der Waals surface area contributed by atoms with Crippen molar-refractivity contribution >= 4 is 40.7 Å². The first kappa shape index (κ1) is 14.4. The van der Waals surface area contributed by atoms with E-state index in [2.05, 4.69) is 0 Å². The Hall–Kier alpha value is -0.650. The van der Waals surface area contributed by atoms with E-state index >= 15 is 0 Å². The van der Waals surface area contributed by atoms with Gasteiger partial charge >= 0.3 is 29.6 Å². The number of hydrogen-bond donors (Lipinski definition) is 2. The Labute approximate surface area is 125 Å². The fraction of sp³-hybridized carbons (Fsp3) is 0. The van der Waals surface area contributed by atoms with Crippen molar-refractivity contribution < 1.29 is 14.8 Å². The van der Waals surface area contributed by atoms with Gasteiger partial charge in [0.05, 0.1) is 0 Å². The van der Waals surface area contributed by atoms with Gasteiger partial charge in [-0.1, -0.05) is 0 Å². The molecule has 2 rings (SSSR count). The van der Waals surface area contributed by atoms with E-state index in [1.807, 2.05) is 0 Å². The maximum Gasteiger partial charge on any atom is 0.158 e. The molecule has 0 radical (unpaired) electrons. The molecule has 84 valence electrons. The summed E-state index contributed by atoms with van der Waals surface area (Å²) in [6, 6.07) is 12.4. The van der Waals surface area contributed by atoms with Gasteiger partial charge in [0.25, 0.3) is 0 Å². The predicted molar refractivity (Wildman–Crippen MR) is 68.0 cm³/mol. The first-order valence-electron chi connectivity index (χ1n) is 4.66. The Morgan fingerprint density at radius 1 is 0.706 bits per heavy atom. The Morgan fingerprint density at radius 3 is 1.29 bits per heavy atom. The van der Waals surface area contributed by atoms with Crippen molar-refractivity contribution in [2.45, 2.75) is 9.79 Å². The minimum absolute atomic E-state index is 0. The van der Waals surface area contributed by atoms with Gasteiger partial charge < -0.3 is 14.8 Å². The van der Waals surface area contributed by atoms with Crippen LogP contribution in [0.5, 0.6) is 11.5 Å². The van der Waals surface area contributed by atoms with Crippen LogP contribution in [0.4, 0.5) is 0 Å². The smallest absolute Gasteiger partial charge is 0.158 e. The van der Waals surface area contributed by atoms with Crippen molar-refractivity contribution in [2.75, 3.05) is 0 Å². The fourth-order valence-electron chi connectivity index (χ4n) is 1.28. The number of phenolic OH excluding ortho intramolecular Hbond substituents is 2. The third kappa shape index (κ3) is 3.66. The van der Waals surface area contributed by atoms with Crippen molar-refractivity contribution in [3.05, 3.63) is 48.5 Å². The molecule has 0 spiro atoms. The molecular formula is C12H11NaO3S. The van der Waals surface area contributed by atoms with Crippen LogP contribution in [-0.2, 0) is 11.2 Å². The van der Waals surface area contributed by atoms with E-state index in [1.165, 1.54) is 24.3 Å². The maximum atomic E-state index is 12.0. The number of rotatable bonds is 2. The van der Waals surface area contributed by atoms with Crippen molar-refractivity contribution in [3.63, 3.8) is 0 Å². The summed E-state index contributed by atoms with van der Waals surface area (Å²) < 4.78 is 12.0. The van der Waals surface area contributed by atoms with E-state index < -0.39 is 11.2 Å². The first-order valence-corrected chi connectivity index (χ1v) is 5.81. The van der Waals surface area contributed by atoms with Gasteiger partial charge in [-0.2, -0.15) is 0 Å². The molecule has 0 aliphatic heterocycles. The number of benzene rings is 2. The van der Waals surface area contributed by atoms with Gasteiger partial charge in [0.2, 0.25) is 0 Å².